The number of amides is 1. The number of fused-ring (bicyclic) bond motifs is 1. The molecule has 2 aliphatic heterocycles. The van der Waals surface area contributed by atoms with Crippen molar-refractivity contribution in [3.8, 4) is 11.5 Å². The minimum absolute atomic E-state index is 0.0609. The number of ether oxygens (including phenoxy) is 3. The summed E-state index contributed by atoms with van der Waals surface area (Å²) in [6.07, 6.45) is 1.66. The third-order valence-corrected chi connectivity index (χ3v) is 4.11. The van der Waals surface area contributed by atoms with Gasteiger partial charge in [-0.1, -0.05) is 0 Å². The van der Waals surface area contributed by atoms with Crippen molar-refractivity contribution in [3.05, 3.63) is 42.2 Å². The van der Waals surface area contributed by atoms with Crippen LogP contribution >= 0.6 is 0 Å². The summed E-state index contributed by atoms with van der Waals surface area (Å²) < 4.78 is 16.4. The lowest BCUT2D eigenvalue weighted by atomic mass is 10.2. The molecule has 4 rings (SSSR count). The standard InChI is InChI=1S/C18H19N3O4/c22-18(21-5-7-23-8-6-21)15-3-1-14(12-19-15)20-13-2-4-16-17(11-13)25-10-9-24-16/h1-4,11-12,20H,5-10H2. The summed E-state index contributed by atoms with van der Waals surface area (Å²) in [5.41, 5.74) is 2.11. The molecular formula is C18H19N3O4. The molecule has 25 heavy (non-hydrogen) atoms. The van der Waals surface area contributed by atoms with E-state index in [0.29, 0.717) is 45.2 Å². The molecule has 130 valence electrons. The highest BCUT2D eigenvalue weighted by Crippen LogP contribution is 2.33. The fraction of sp³-hybridized carbons (Fsp3) is 0.333. The molecule has 7 nitrogen and oxygen atoms in total. The van der Waals surface area contributed by atoms with Gasteiger partial charge in [0.1, 0.15) is 18.9 Å². The Kier molecular flexibility index (Phi) is 4.39. The quantitative estimate of drug-likeness (QED) is 0.921. The summed E-state index contributed by atoms with van der Waals surface area (Å²) in [5.74, 6) is 1.42. The van der Waals surface area contributed by atoms with Crippen molar-refractivity contribution in [2.24, 2.45) is 0 Å². The molecule has 2 aromatic rings. The number of anilines is 2. The minimum Gasteiger partial charge on any atom is -0.486 e. The number of pyridine rings is 1. The molecule has 1 aromatic heterocycles. The highest BCUT2D eigenvalue weighted by Gasteiger charge is 2.19. The molecule has 3 heterocycles. The monoisotopic (exact) mass is 341 g/mol. The topological polar surface area (TPSA) is 72.9 Å². The number of hydrogen-bond acceptors (Lipinski definition) is 6. The fourth-order valence-electron chi connectivity index (χ4n) is 2.81. The van der Waals surface area contributed by atoms with Crippen molar-refractivity contribution < 1.29 is 19.0 Å². The molecule has 1 N–H and O–H groups in total. The van der Waals surface area contributed by atoms with Crippen LogP contribution in [0.15, 0.2) is 36.5 Å². The maximum Gasteiger partial charge on any atom is 0.272 e. The largest absolute Gasteiger partial charge is 0.486 e. The Bertz CT molecular complexity index is 757. The molecule has 1 amide bonds. The Morgan fingerprint density at radius 1 is 0.960 bits per heavy atom. The maximum atomic E-state index is 12.4. The number of carbonyl (C=O) groups excluding carboxylic acids is 1. The highest BCUT2D eigenvalue weighted by atomic mass is 16.6. The average Bonchev–Trinajstić information content (AvgIpc) is 2.69. The normalized spacial score (nSPS) is 16.4. The van der Waals surface area contributed by atoms with Crippen molar-refractivity contribution in [1.29, 1.82) is 0 Å². The summed E-state index contributed by atoms with van der Waals surface area (Å²) in [6, 6.07) is 9.26. The zero-order valence-corrected chi connectivity index (χ0v) is 13.7. The van der Waals surface area contributed by atoms with Gasteiger partial charge >= 0.3 is 0 Å². The van der Waals surface area contributed by atoms with Crippen LogP contribution in [0, 0.1) is 0 Å². The van der Waals surface area contributed by atoms with Crippen molar-refractivity contribution >= 4 is 17.3 Å². The molecule has 0 saturated carbocycles. The van der Waals surface area contributed by atoms with Gasteiger partial charge in [-0.2, -0.15) is 0 Å². The molecule has 1 aromatic carbocycles. The Morgan fingerprint density at radius 3 is 2.48 bits per heavy atom. The van der Waals surface area contributed by atoms with E-state index in [9.17, 15) is 4.79 Å². The van der Waals surface area contributed by atoms with E-state index in [1.165, 1.54) is 0 Å². The van der Waals surface area contributed by atoms with Crippen molar-refractivity contribution in [3.63, 3.8) is 0 Å². The first kappa shape index (κ1) is 15.7. The van der Waals surface area contributed by atoms with Gasteiger partial charge in [-0.25, -0.2) is 4.98 Å². The smallest absolute Gasteiger partial charge is 0.272 e. The van der Waals surface area contributed by atoms with Crippen molar-refractivity contribution in [1.82, 2.24) is 9.88 Å². The van der Waals surface area contributed by atoms with E-state index >= 15 is 0 Å². The van der Waals surface area contributed by atoms with Gasteiger partial charge in [0.25, 0.3) is 5.91 Å². The lowest BCUT2D eigenvalue weighted by molar-refractivity contribution is 0.0299. The molecule has 7 heteroatoms. The molecule has 0 aliphatic carbocycles. The number of nitrogens with zero attached hydrogens (tertiary/aromatic N) is 2. The van der Waals surface area contributed by atoms with Gasteiger partial charge in [0.15, 0.2) is 11.5 Å². The molecule has 2 aliphatic rings. The number of morpholine rings is 1. The third-order valence-electron chi connectivity index (χ3n) is 4.11. The van der Waals surface area contributed by atoms with Crippen LogP contribution in [-0.4, -0.2) is 55.3 Å². The summed E-state index contributed by atoms with van der Waals surface area (Å²) in [4.78, 5) is 18.4. The average molecular weight is 341 g/mol. The molecule has 1 saturated heterocycles. The van der Waals surface area contributed by atoms with Crippen LogP contribution in [0.1, 0.15) is 10.5 Å². The number of hydrogen-bond donors (Lipinski definition) is 1. The van der Waals surface area contributed by atoms with Gasteiger partial charge in [-0.15, -0.1) is 0 Å². The van der Waals surface area contributed by atoms with Gasteiger partial charge in [-0.05, 0) is 24.3 Å². The second-order valence-electron chi connectivity index (χ2n) is 5.82. The molecule has 0 bridgehead atoms. The summed E-state index contributed by atoms with van der Waals surface area (Å²) >= 11 is 0. The van der Waals surface area contributed by atoms with E-state index in [2.05, 4.69) is 10.3 Å². The molecule has 0 unspecified atom stereocenters. The van der Waals surface area contributed by atoms with E-state index in [4.69, 9.17) is 14.2 Å². The lowest BCUT2D eigenvalue weighted by Crippen LogP contribution is -2.41. The fourth-order valence-corrected chi connectivity index (χ4v) is 2.81. The van der Waals surface area contributed by atoms with Crippen molar-refractivity contribution in [2.45, 2.75) is 0 Å². The van der Waals surface area contributed by atoms with Crippen LogP contribution in [0.3, 0.4) is 0 Å². The van der Waals surface area contributed by atoms with Crippen LogP contribution < -0.4 is 14.8 Å². The first-order chi connectivity index (χ1) is 12.3. The second kappa shape index (κ2) is 6.98. The second-order valence-corrected chi connectivity index (χ2v) is 5.82. The number of benzene rings is 1. The predicted molar refractivity (Wildman–Crippen MR) is 91.7 cm³/mol. The Balaban J connectivity index is 1.44. The van der Waals surface area contributed by atoms with Crippen molar-refractivity contribution in [2.75, 3.05) is 44.8 Å². The summed E-state index contributed by atoms with van der Waals surface area (Å²) in [7, 11) is 0. The summed E-state index contributed by atoms with van der Waals surface area (Å²) in [6.45, 7) is 3.50. The lowest BCUT2D eigenvalue weighted by Gasteiger charge is -2.26. The van der Waals surface area contributed by atoms with E-state index in [1.807, 2.05) is 24.3 Å². The van der Waals surface area contributed by atoms with Gasteiger partial charge < -0.3 is 24.4 Å². The van der Waals surface area contributed by atoms with E-state index in [0.717, 1.165) is 22.9 Å². The van der Waals surface area contributed by atoms with Crippen LogP contribution in [0.25, 0.3) is 0 Å². The first-order valence-electron chi connectivity index (χ1n) is 8.29. The van der Waals surface area contributed by atoms with E-state index < -0.39 is 0 Å². The maximum absolute atomic E-state index is 12.4. The van der Waals surface area contributed by atoms with Crippen LogP contribution in [0.5, 0.6) is 11.5 Å². The Hall–Kier alpha value is -2.80. The molecular weight excluding hydrogens is 322 g/mol. The molecule has 1 fully saturated rings. The van der Waals surface area contributed by atoms with Gasteiger partial charge in [0.2, 0.25) is 0 Å². The first-order valence-corrected chi connectivity index (χ1v) is 8.29. The van der Waals surface area contributed by atoms with Gasteiger partial charge in [0, 0.05) is 24.8 Å². The number of aromatic nitrogens is 1. The van der Waals surface area contributed by atoms with Crippen LogP contribution in [-0.2, 0) is 4.74 Å². The number of carbonyl (C=O) groups is 1. The van der Waals surface area contributed by atoms with Crippen LogP contribution in [0.4, 0.5) is 11.4 Å². The highest BCUT2D eigenvalue weighted by molar-refractivity contribution is 5.92. The van der Waals surface area contributed by atoms with E-state index in [1.54, 1.807) is 17.2 Å². The Labute approximate surface area is 145 Å². The molecule has 0 radical (unpaired) electrons. The SMILES string of the molecule is O=C(c1ccc(Nc2ccc3c(c2)OCCO3)cn1)N1CCOCC1. The third kappa shape index (κ3) is 3.51. The zero-order chi connectivity index (χ0) is 17.1. The Morgan fingerprint density at radius 2 is 1.72 bits per heavy atom. The van der Waals surface area contributed by atoms with Crippen LogP contribution in [0.2, 0.25) is 0 Å². The number of nitrogens with one attached hydrogen (secondary N) is 1. The van der Waals surface area contributed by atoms with Gasteiger partial charge in [-0.3, -0.25) is 4.79 Å². The molecule has 0 spiro atoms. The van der Waals surface area contributed by atoms with Gasteiger partial charge in [0.05, 0.1) is 25.1 Å². The van der Waals surface area contributed by atoms with E-state index in [-0.39, 0.29) is 5.91 Å². The predicted octanol–water partition coefficient (Wildman–Crippen LogP) is 2.07. The molecule has 0 atom stereocenters. The number of rotatable bonds is 3. The zero-order valence-electron chi connectivity index (χ0n) is 13.7. The summed E-state index contributed by atoms with van der Waals surface area (Å²) in [5, 5.41) is 3.26. The minimum atomic E-state index is -0.0609.